The van der Waals surface area contributed by atoms with Crippen molar-refractivity contribution >= 4 is 15.9 Å². The van der Waals surface area contributed by atoms with Gasteiger partial charge in [-0.2, -0.15) is 4.31 Å². The van der Waals surface area contributed by atoms with Crippen LogP contribution in [0.5, 0.6) is 5.75 Å². The molecular weight excluding hydrogens is 395 g/mol. The van der Waals surface area contributed by atoms with E-state index in [9.17, 15) is 17.6 Å². The molecule has 0 spiro atoms. The van der Waals surface area contributed by atoms with Gasteiger partial charge < -0.3 is 9.64 Å². The largest absolute Gasteiger partial charge is 0.481 e. The lowest BCUT2D eigenvalue weighted by molar-refractivity contribution is -0.139. The van der Waals surface area contributed by atoms with Crippen LogP contribution in [0.2, 0.25) is 0 Å². The zero-order chi connectivity index (χ0) is 21.2. The molecule has 0 unspecified atom stereocenters. The molecule has 0 saturated carbocycles. The number of ether oxygens (including phenoxy) is 1. The first-order valence-electron chi connectivity index (χ1n) is 9.47. The van der Waals surface area contributed by atoms with Gasteiger partial charge in [-0.05, 0) is 68.3 Å². The number of benzene rings is 2. The van der Waals surface area contributed by atoms with Gasteiger partial charge >= 0.3 is 0 Å². The lowest BCUT2D eigenvalue weighted by atomic mass is 10.1. The molecule has 8 heteroatoms. The molecule has 1 atom stereocenters. The summed E-state index contributed by atoms with van der Waals surface area (Å²) in [5.74, 6) is -0.196. The molecule has 1 fully saturated rings. The number of nitrogens with zero attached hydrogens (tertiary/aromatic N) is 2. The maximum atomic E-state index is 13.0. The molecule has 6 nitrogen and oxygen atoms in total. The van der Waals surface area contributed by atoms with Crippen LogP contribution in [-0.2, 0) is 14.8 Å². The minimum atomic E-state index is -3.59. The van der Waals surface area contributed by atoms with E-state index < -0.39 is 16.1 Å². The highest BCUT2D eigenvalue weighted by atomic mass is 32.2. The van der Waals surface area contributed by atoms with E-state index in [1.165, 1.54) is 28.6 Å². The van der Waals surface area contributed by atoms with Gasteiger partial charge in [-0.15, -0.1) is 0 Å². The Morgan fingerprint density at radius 2 is 1.62 bits per heavy atom. The topological polar surface area (TPSA) is 66.9 Å². The zero-order valence-corrected chi connectivity index (χ0v) is 17.6. The first-order chi connectivity index (χ1) is 13.7. The Bertz CT molecular complexity index is 984. The van der Waals surface area contributed by atoms with Gasteiger partial charge in [0.15, 0.2) is 6.10 Å². The Morgan fingerprint density at radius 1 is 1.00 bits per heavy atom. The molecular formula is C21H25FN2O4S. The highest BCUT2D eigenvalue weighted by molar-refractivity contribution is 7.89. The number of sulfonamides is 1. The summed E-state index contributed by atoms with van der Waals surface area (Å²) in [7, 11) is -3.59. The SMILES string of the molecule is Cc1ccc(S(=O)(=O)N2CCN(C(=O)[C@@H](C)Oc3ccc(F)cc3)CC2)cc1C. The van der Waals surface area contributed by atoms with Gasteiger partial charge in [-0.3, -0.25) is 4.79 Å². The van der Waals surface area contributed by atoms with Gasteiger partial charge in [0.05, 0.1) is 4.90 Å². The minimum Gasteiger partial charge on any atom is -0.481 e. The van der Waals surface area contributed by atoms with E-state index in [0.717, 1.165) is 11.1 Å². The first kappa shape index (κ1) is 21.3. The molecule has 1 aliphatic rings. The predicted molar refractivity (Wildman–Crippen MR) is 108 cm³/mol. The van der Waals surface area contributed by atoms with E-state index in [2.05, 4.69) is 0 Å². The van der Waals surface area contributed by atoms with E-state index in [4.69, 9.17) is 4.74 Å². The minimum absolute atomic E-state index is 0.224. The van der Waals surface area contributed by atoms with Crippen LogP contribution in [0.15, 0.2) is 47.4 Å². The Labute approximate surface area is 170 Å². The molecule has 1 amide bonds. The summed E-state index contributed by atoms with van der Waals surface area (Å²) < 4.78 is 45.8. The smallest absolute Gasteiger partial charge is 0.263 e. The monoisotopic (exact) mass is 420 g/mol. The summed E-state index contributed by atoms with van der Waals surface area (Å²) >= 11 is 0. The zero-order valence-electron chi connectivity index (χ0n) is 16.8. The normalized spacial score (nSPS) is 16.5. The van der Waals surface area contributed by atoms with Crippen molar-refractivity contribution in [1.82, 2.24) is 9.21 Å². The lowest BCUT2D eigenvalue weighted by Gasteiger charge is -2.35. The summed E-state index contributed by atoms with van der Waals surface area (Å²) in [5, 5.41) is 0. The Kier molecular flexibility index (Phi) is 6.24. The number of amides is 1. The van der Waals surface area contributed by atoms with Crippen LogP contribution < -0.4 is 4.74 Å². The van der Waals surface area contributed by atoms with Crippen molar-refractivity contribution in [2.24, 2.45) is 0 Å². The van der Waals surface area contributed by atoms with E-state index in [1.807, 2.05) is 13.8 Å². The van der Waals surface area contributed by atoms with E-state index in [1.54, 1.807) is 30.0 Å². The molecule has 1 saturated heterocycles. The molecule has 1 heterocycles. The third kappa shape index (κ3) is 4.76. The molecule has 2 aromatic rings. The molecule has 0 radical (unpaired) electrons. The second-order valence-electron chi connectivity index (χ2n) is 7.19. The van der Waals surface area contributed by atoms with Crippen LogP contribution in [0.25, 0.3) is 0 Å². The second kappa shape index (κ2) is 8.51. The van der Waals surface area contributed by atoms with Crippen molar-refractivity contribution in [3.8, 4) is 5.75 Å². The van der Waals surface area contributed by atoms with Crippen molar-refractivity contribution in [2.45, 2.75) is 31.8 Å². The second-order valence-corrected chi connectivity index (χ2v) is 9.13. The van der Waals surface area contributed by atoms with Crippen molar-refractivity contribution in [1.29, 1.82) is 0 Å². The molecule has 0 aliphatic carbocycles. The maximum absolute atomic E-state index is 13.0. The van der Waals surface area contributed by atoms with Crippen molar-refractivity contribution in [2.75, 3.05) is 26.2 Å². The third-order valence-electron chi connectivity index (χ3n) is 5.14. The number of rotatable bonds is 5. The van der Waals surface area contributed by atoms with Crippen LogP contribution in [0.1, 0.15) is 18.1 Å². The van der Waals surface area contributed by atoms with Crippen LogP contribution in [0.3, 0.4) is 0 Å². The molecule has 0 bridgehead atoms. The summed E-state index contributed by atoms with van der Waals surface area (Å²) in [5.41, 5.74) is 1.96. The first-order valence-corrected chi connectivity index (χ1v) is 10.9. The van der Waals surface area contributed by atoms with Crippen molar-refractivity contribution < 1.29 is 22.3 Å². The Hall–Kier alpha value is -2.45. The molecule has 0 aromatic heterocycles. The lowest BCUT2D eigenvalue weighted by Crippen LogP contribution is -2.53. The van der Waals surface area contributed by atoms with Crippen molar-refractivity contribution in [3.63, 3.8) is 0 Å². The van der Waals surface area contributed by atoms with E-state index in [-0.39, 0.29) is 29.7 Å². The number of carbonyl (C=O) groups excluding carboxylic acids is 1. The van der Waals surface area contributed by atoms with E-state index in [0.29, 0.717) is 18.8 Å². The molecule has 29 heavy (non-hydrogen) atoms. The molecule has 3 rings (SSSR count). The quantitative estimate of drug-likeness (QED) is 0.746. The molecule has 2 aromatic carbocycles. The highest BCUT2D eigenvalue weighted by Crippen LogP contribution is 2.21. The Balaban J connectivity index is 1.61. The van der Waals surface area contributed by atoms with Gasteiger partial charge in [0.2, 0.25) is 10.0 Å². The number of aryl methyl sites for hydroxylation is 2. The maximum Gasteiger partial charge on any atom is 0.263 e. The van der Waals surface area contributed by atoms with E-state index >= 15 is 0 Å². The fourth-order valence-electron chi connectivity index (χ4n) is 3.20. The molecule has 0 N–H and O–H groups in total. The van der Waals surface area contributed by atoms with Gasteiger partial charge in [-0.1, -0.05) is 6.07 Å². The fraction of sp³-hybridized carbons (Fsp3) is 0.381. The summed E-state index contributed by atoms with van der Waals surface area (Å²) in [6.45, 7) is 6.48. The van der Waals surface area contributed by atoms with Crippen LogP contribution >= 0.6 is 0 Å². The molecule has 1 aliphatic heterocycles. The number of hydrogen-bond donors (Lipinski definition) is 0. The standard InChI is InChI=1S/C21H25FN2O4S/c1-15-4-9-20(14-16(15)2)29(26,27)24-12-10-23(11-13-24)21(25)17(3)28-19-7-5-18(22)6-8-19/h4-9,14,17H,10-13H2,1-3H3/t17-/m1/s1. The molecule has 156 valence electrons. The van der Waals surface area contributed by atoms with Gasteiger partial charge in [-0.25, -0.2) is 12.8 Å². The average molecular weight is 421 g/mol. The predicted octanol–water partition coefficient (Wildman–Crippen LogP) is 2.74. The number of halogens is 1. The van der Waals surface area contributed by atoms with Crippen LogP contribution in [0.4, 0.5) is 4.39 Å². The van der Waals surface area contributed by atoms with Crippen molar-refractivity contribution in [3.05, 3.63) is 59.4 Å². The number of piperazine rings is 1. The van der Waals surface area contributed by atoms with Crippen LogP contribution in [0, 0.1) is 19.7 Å². The third-order valence-corrected chi connectivity index (χ3v) is 7.04. The summed E-state index contributed by atoms with van der Waals surface area (Å²) in [6, 6.07) is 10.6. The average Bonchev–Trinajstić information content (AvgIpc) is 2.71. The fourth-order valence-corrected chi connectivity index (χ4v) is 4.70. The van der Waals surface area contributed by atoms with Crippen LogP contribution in [-0.4, -0.2) is 55.8 Å². The van der Waals surface area contributed by atoms with Gasteiger partial charge in [0, 0.05) is 26.2 Å². The number of hydrogen-bond acceptors (Lipinski definition) is 4. The highest BCUT2D eigenvalue weighted by Gasteiger charge is 2.32. The number of carbonyl (C=O) groups is 1. The van der Waals surface area contributed by atoms with Gasteiger partial charge in [0.25, 0.3) is 5.91 Å². The summed E-state index contributed by atoms with van der Waals surface area (Å²) in [4.78, 5) is 14.5. The summed E-state index contributed by atoms with van der Waals surface area (Å²) in [6.07, 6.45) is -0.747. The Morgan fingerprint density at radius 3 is 2.21 bits per heavy atom. The van der Waals surface area contributed by atoms with Gasteiger partial charge in [0.1, 0.15) is 11.6 Å².